The standard InChI is InChI=1S/C25H28FN3O4/c1-33-16-15-29-23(31)18-25(24(29)32,20-9-5-6-10-21(20)26)17-22(30)28-13-11-27(12-14-28)19-7-3-2-4-8-19/h2-10H,11-18H2,1H3/t25-/m0/s1. The Morgan fingerprint density at radius 1 is 1.00 bits per heavy atom. The summed E-state index contributed by atoms with van der Waals surface area (Å²) in [5, 5.41) is 0. The van der Waals surface area contributed by atoms with Crippen LogP contribution in [0.1, 0.15) is 18.4 Å². The molecule has 3 amide bonds. The maximum Gasteiger partial charge on any atom is 0.241 e. The predicted octanol–water partition coefficient (Wildman–Crippen LogP) is 2.21. The third kappa shape index (κ3) is 4.48. The molecule has 2 aliphatic heterocycles. The Kier molecular flexibility index (Phi) is 6.74. The molecule has 0 spiro atoms. The van der Waals surface area contributed by atoms with Crippen LogP contribution in [-0.2, 0) is 24.5 Å². The van der Waals surface area contributed by atoms with Gasteiger partial charge in [-0.05, 0) is 18.2 Å². The lowest BCUT2D eigenvalue weighted by Crippen LogP contribution is -2.51. The van der Waals surface area contributed by atoms with Gasteiger partial charge in [-0.1, -0.05) is 36.4 Å². The van der Waals surface area contributed by atoms with Crippen molar-refractivity contribution in [2.24, 2.45) is 0 Å². The summed E-state index contributed by atoms with van der Waals surface area (Å²) in [7, 11) is 1.48. The molecule has 0 radical (unpaired) electrons. The average molecular weight is 454 g/mol. The van der Waals surface area contributed by atoms with Crippen molar-refractivity contribution >= 4 is 23.4 Å². The molecule has 2 heterocycles. The van der Waals surface area contributed by atoms with E-state index in [1.165, 1.54) is 25.3 Å². The highest BCUT2D eigenvalue weighted by atomic mass is 19.1. The van der Waals surface area contributed by atoms with E-state index in [4.69, 9.17) is 4.74 Å². The molecule has 0 unspecified atom stereocenters. The SMILES string of the molecule is COCCN1C(=O)C[C@@](CC(=O)N2CCN(c3ccccc3)CC2)(c2ccccc2F)C1=O. The lowest BCUT2D eigenvalue weighted by molar-refractivity contribution is -0.143. The normalized spacial score (nSPS) is 21.1. The monoisotopic (exact) mass is 453 g/mol. The number of hydrogen-bond acceptors (Lipinski definition) is 5. The van der Waals surface area contributed by atoms with Gasteiger partial charge in [0, 0.05) is 57.4 Å². The predicted molar refractivity (Wildman–Crippen MR) is 121 cm³/mol. The van der Waals surface area contributed by atoms with Gasteiger partial charge in [0.05, 0.1) is 18.6 Å². The third-order valence-electron chi connectivity index (χ3n) is 6.52. The van der Waals surface area contributed by atoms with E-state index in [2.05, 4.69) is 4.90 Å². The number of para-hydroxylation sites is 1. The Morgan fingerprint density at radius 3 is 2.33 bits per heavy atom. The number of hydrogen-bond donors (Lipinski definition) is 0. The molecule has 2 saturated heterocycles. The van der Waals surface area contributed by atoms with Gasteiger partial charge in [-0.3, -0.25) is 19.3 Å². The largest absolute Gasteiger partial charge is 0.383 e. The van der Waals surface area contributed by atoms with Crippen LogP contribution in [0.5, 0.6) is 0 Å². The van der Waals surface area contributed by atoms with Crippen LogP contribution < -0.4 is 4.90 Å². The van der Waals surface area contributed by atoms with E-state index in [1.807, 2.05) is 30.3 Å². The van der Waals surface area contributed by atoms with Crippen LogP contribution in [0, 0.1) is 5.82 Å². The lowest BCUT2D eigenvalue weighted by atomic mass is 9.75. The first kappa shape index (κ1) is 22.9. The van der Waals surface area contributed by atoms with E-state index in [0.717, 1.165) is 10.6 Å². The minimum atomic E-state index is -1.54. The van der Waals surface area contributed by atoms with Crippen molar-refractivity contribution in [1.82, 2.24) is 9.80 Å². The second-order valence-corrected chi connectivity index (χ2v) is 8.46. The molecule has 0 aliphatic carbocycles. The topological polar surface area (TPSA) is 70.2 Å². The molecule has 0 N–H and O–H groups in total. The number of anilines is 1. The molecule has 2 fully saturated rings. The summed E-state index contributed by atoms with van der Waals surface area (Å²) in [5.74, 6) is -1.79. The fourth-order valence-electron chi connectivity index (χ4n) is 4.73. The average Bonchev–Trinajstić information content (AvgIpc) is 3.07. The van der Waals surface area contributed by atoms with Crippen molar-refractivity contribution in [3.05, 3.63) is 66.0 Å². The van der Waals surface area contributed by atoms with Crippen LogP contribution in [0.4, 0.5) is 10.1 Å². The van der Waals surface area contributed by atoms with Crippen molar-refractivity contribution in [2.75, 3.05) is 51.3 Å². The number of rotatable bonds is 7. The van der Waals surface area contributed by atoms with Gasteiger partial charge in [0.2, 0.25) is 17.7 Å². The summed E-state index contributed by atoms with van der Waals surface area (Å²) in [6, 6.07) is 15.9. The van der Waals surface area contributed by atoms with E-state index in [0.29, 0.717) is 26.2 Å². The highest BCUT2D eigenvalue weighted by molar-refractivity contribution is 6.10. The molecule has 2 aromatic carbocycles. The summed E-state index contributed by atoms with van der Waals surface area (Å²) in [4.78, 5) is 44.5. The first-order valence-electron chi connectivity index (χ1n) is 11.1. The van der Waals surface area contributed by atoms with Gasteiger partial charge < -0.3 is 14.5 Å². The van der Waals surface area contributed by atoms with Gasteiger partial charge in [-0.2, -0.15) is 0 Å². The van der Waals surface area contributed by atoms with E-state index < -0.39 is 23.0 Å². The van der Waals surface area contributed by atoms with Gasteiger partial charge in [0.25, 0.3) is 0 Å². The highest BCUT2D eigenvalue weighted by Crippen LogP contribution is 2.41. The second-order valence-electron chi connectivity index (χ2n) is 8.46. The van der Waals surface area contributed by atoms with E-state index in [-0.39, 0.29) is 37.5 Å². The fraction of sp³-hybridized carbons (Fsp3) is 0.400. The number of imide groups is 1. The minimum absolute atomic E-state index is 0.0777. The first-order chi connectivity index (χ1) is 16.0. The second kappa shape index (κ2) is 9.70. The molecule has 0 bridgehead atoms. The molecular formula is C25H28FN3O4. The number of carbonyl (C=O) groups excluding carboxylic acids is 3. The van der Waals surface area contributed by atoms with Crippen molar-refractivity contribution in [3.63, 3.8) is 0 Å². The molecule has 4 rings (SSSR count). The van der Waals surface area contributed by atoms with E-state index >= 15 is 0 Å². The molecule has 7 nitrogen and oxygen atoms in total. The highest BCUT2D eigenvalue weighted by Gasteiger charge is 2.55. The van der Waals surface area contributed by atoms with Crippen molar-refractivity contribution in [3.8, 4) is 0 Å². The molecule has 8 heteroatoms. The third-order valence-corrected chi connectivity index (χ3v) is 6.52. The summed E-state index contributed by atoms with van der Waals surface area (Å²) < 4.78 is 19.9. The molecule has 0 saturated carbocycles. The minimum Gasteiger partial charge on any atom is -0.383 e. The number of ether oxygens (including phenoxy) is 1. The molecule has 0 aromatic heterocycles. The molecule has 2 aliphatic rings. The Labute approximate surface area is 192 Å². The lowest BCUT2D eigenvalue weighted by Gasteiger charge is -2.37. The van der Waals surface area contributed by atoms with Crippen LogP contribution >= 0.6 is 0 Å². The van der Waals surface area contributed by atoms with Gasteiger partial charge in [-0.15, -0.1) is 0 Å². The maximum absolute atomic E-state index is 14.9. The Hall–Kier alpha value is -3.26. The summed E-state index contributed by atoms with van der Waals surface area (Å²) >= 11 is 0. The van der Waals surface area contributed by atoms with Crippen LogP contribution in [0.2, 0.25) is 0 Å². The van der Waals surface area contributed by atoms with Gasteiger partial charge in [0.15, 0.2) is 0 Å². The van der Waals surface area contributed by atoms with Gasteiger partial charge in [-0.25, -0.2) is 4.39 Å². The molecular weight excluding hydrogens is 425 g/mol. The zero-order valence-electron chi connectivity index (χ0n) is 18.7. The summed E-state index contributed by atoms with van der Waals surface area (Å²) in [6.07, 6.45) is -0.473. The van der Waals surface area contributed by atoms with Crippen LogP contribution in [0.25, 0.3) is 0 Å². The number of piperazine rings is 1. The Balaban J connectivity index is 1.54. The van der Waals surface area contributed by atoms with Crippen molar-refractivity contribution in [2.45, 2.75) is 18.3 Å². The smallest absolute Gasteiger partial charge is 0.241 e. The van der Waals surface area contributed by atoms with E-state index in [9.17, 15) is 18.8 Å². The van der Waals surface area contributed by atoms with Crippen molar-refractivity contribution in [1.29, 1.82) is 0 Å². The van der Waals surface area contributed by atoms with Gasteiger partial charge in [0.1, 0.15) is 5.82 Å². The Morgan fingerprint density at radius 2 is 1.67 bits per heavy atom. The molecule has 1 atom stereocenters. The number of benzene rings is 2. The zero-order chi connectivity index (χ0) is 23.4. The quantitative estimate of drug-likeness (QED) is 0.602. The van der Waals surface area contributed by atoms with Crippen LogP contribution in [0.15, 0.2) is 54.6 Å². The number of likely N-dealkylation sites (tertiary alicyclic amines) is 1. The fourth-order valence-corrected chi connectivity index (χ4v) is 4.73. The number of halogens is 1. The Bertz CT molecular complexity index is 1020. The molecule has 33 heavy (non-hydrogen) atoms. The first-order valence-corrected chi connectivity index (χ1v) is 11.1. The molecule has 2 aromatic rings. The van der Waals surface area contributed by atoms with Crippen LogP contribution in [0.3, 0.4) is 0 Å². The zero-order valence-corrected chi connectivity index (χ0v) is 18.7. The summed E-state index contributed by atoms with van der Waals surface area (Å²) in [5.41, 5.74) is -0.346. The summed E-state index contributed by atoms with van der Waals surface area (Å²) in [6.45, 7) is 2.58. The van der Waals surface area contributed by atoms with Gasteiger partial charge >= 0.3 is 0 Å². The van der Waals surface area contributed by atoms with Crippen molar-refractivity contribution < 1.29 is 23.5 Å². The number of methoxy groups -OCH3 is 1. The maximum atomic E-state index is 14.9. The number of nitrogens with zero attached hydrogens (tertiary/aromatic N) is 3. The van der Waals surface area contributed by atoms with Crippen LogP contribution in [-0.4, -0.2) is 74.0 Å². The molecule has 174 valence electrons. The van der Waals surface area contributed by atoms with E-state index in [1.54, 1.807) is 11.0 Å². The number of amides is 3. The number of carbonyl (C=O) groups is 3.